The molecule has 0 atom stereocenters. The summed E-state index contributed by atoms with van der Waals surface area (Å²) in [5.74, 6) is -2.89. The molecule has 0 spiro atoms. The Kier molecular flexibility index (Phi) is 2.93. The van der Waals surface area contributed by atoms with Gasteiger partial charge in [0, 0.05) is 6.07 Å². The summed E-state index contributed by atoms with van der Waals surface area (Å²) in [6.07, 6.45) is 0. The van der Waals surface area contributed by atoms with Crippen LogP contribution in [0.25, 0.3) is 11.3 Å². The lowest BCUT2D eigenvalue weighted by atomic mass is 10.1. The molecule has 7 heteroatoms. The molecule has 2 aromatic rings. The number of benzene rings is 1. The second-order valence-corrected chi connectivity index (χ2v) is 3.99. The molecule has 1 aromatic heterocycles. The molecule has 1 aromatic carbocycles. The highest BCUT2D eigenvalue weighted by Gasteiger charge is 2.17. The lowest BCUT2D eigenvalue weighted by molar-refractivity contribution is 0.0686. The number of rotatable bonds is 2. The van der Waals surface area contributed by atoms with Crippen LogP contribution in [0.1, 0.15) is 10.5 Å². The number of nitrogens with zero attached hydrogens (tertiary/aromatic N) is 1. The number of halogens is 3. The number of hydrogen-bond acceptors (Lipinski definition) is 3. The van der Waals surface area contributed by atoms with Crippen molar-refractivity contribution in [1.29, 1.82) is 0 Å². The molecule has 0 aliphatic heterocycles. The molecule has 88 valence electrons. The van der Waals surface area contributed by atoms with Crippen molar-refractivity contribution in [2.24, 2.45) is 0 Å². The Labute approximate surface area is 102 Å². The molecule has 0 aliphatic rings. The van der Waals surface area contributed by atoms with Gasteiger partial charge in [0.25, 0.3) is 0 Å². The second kappa shape index (κ2) is 4.25. The third-order valence-corrected chi connectivity index (χ3v) is 2.56. The SMILES string of the molecule is O=C(O)c1cc(-c2cc(F)cc(Br)c2F)on1. The highest BCUT2D eigenvalue weighted by atomic mass is 79.9. The van der Waals surface area contributed by atoms with E-state index in [9.17, 15) is 13.6 Å². The maximum absolute atomic E-state index is 13.6. The van der Waals surface area contributed by atoms with Gasteiger partial charge >= 0.3 is 5.97 Å². The molecule has 0 saturated carbocycles. The van der Waals surface area contributed by atoms with Crippen molar-refractivity contribution in [2.45, 2.75) is 0 Å². The van der Waals surface area contributed by atoms with Gasteiger partial charge in [-0.05, 0) is 28.1 Å². The van der Waals surface area contributed by atoms with E-state index >= 15 is 0 Å². The Morgan fingerprint density at radius 1 is 1.35 bits per heavy atom. The lowest BCUT2D eigenvalue weighted by Gasteiger charge is -2.00. The first-order valence-electron chi connectivity index (χ1n) is 4.34. The first kappa shape index (κ1) is 11.7. The van der Waals surface area contributed by atoms with Crippen molar-refractivity contribution in [3.63, 3.8) is 0 Å². The zero-order chi connectivity index (χ0) is 12.6. The number of hydrogen-bond donors (Lipinski definition) is 1. The fourth-order valence-electron chi connectivity index (χ4n) is 1.24. The number of aromatic nitrogens is 1. The van der Waals surface area contributed by atoms with Gasteiger partial charge < -0.3 is 9.63 Å². The van der Waals surface area contributed by atoms with Crippen molar-refractivity contribution in [1.82, 2.24) is 5.16 Å². The van der Waals surface area contributed by atoms with Crippen LogP contribution in [0, 0.1) is 11.6 Å². The molecule has 1 heterocycles. The molecule has 0 amide bonds. The molecular formula is C10H4BrF2NO3. The molecule has 2 rings (SSSR count). The smallest absolute Gasteiger partial charge is 0.358 e. The highest BCUT2D eigenvalue weighted by molar-refractivity contribution is 9.10. The largest absolute Gasteiger partial charge is 0.476 e. The molecule has 4 nitrogen and oxygen atoms in total. The number of carbonyl (C=O) groups is 1. The highest BCUT2D eigenvalue weighted by Crippen LogP contribution is 2.29. The number of carboxylic acid groups (broad SMARTS) is 1. The van der Waals surface area contributed by atoms with Gasteiger partial charge in [-0.3, -0.25) is 0 Å². The Balaban J connectivity index is 2.56. The van der Waals surface area contributed by atoms with Crippen LogP contribution in [0.15, 0.2) is 27.2 Å². The summed E-state index contributed by atoms with van der Waals surface area (Å²) < 4.78 is 31.3. The average molecular weight is 304 g/mol. The van der Waals surface area contributed by atoms with Crippen LogP contribution < -0.4 is 0 Å². The van der Waals surface area contributed by atoms with Gasteiger partial charge in [0.15, 0.2) is 11.5 Å². The summed E-state index contributed by atoms with van der Waals surface area (Å²) in [6.45, 7) is 0. The van der Waals surface area contributed by atoms with E-state index in [4.69, 9.17) is 5.11 Å². The van der Waals surface area contributed by atoms with Gasteiger partial charge in [0.05, 0.1) is 10.0 Å². The normalized spacial score (nSPS) is 10.5. The van der Waals surface area contributed by atoms with Crippen LogP contribution in [0.4, 0.5) is 8.78 Å². The molecular weight excluding hydrogens is 300 g/mol. The van der Waals surface area contributed by atoms with E-state index < -0.39 is 17.6 Å². The monoisotopic (exact) mass is 303 g/mol. The van der Waals surface area contributed by atoms with E-state index in [0.29, 0.717) is 0 Å². The third-order valence-electron chi connectivity index (χ3n) is 1.99. The first-order chi connectivity index (χ1) is 7.99. The quantitative estimate of drug-likeness (QED) is 0.866. The fraction of sp³-hybridized carbons (Fsp3) is 0. The number of aromatic carboxylic acids is 1. The van der Waals surface area contributed by atoms with Crippen LogP contribution in [0.3, 0.4) is 0 Å². The Bertz CT molecular complexity index is 597. The Morgan fingerprint density at radius 3 is 2.65 bits per heavy atom. The summed E-state index contributed by atoms with van der Waals surface area (Å²) in [6, 6.07) is 2.87. The molecule has 0 saturated heterocycles. The van der Waals surface area contributed by atoms with Gasteiger partial charge in [-0.2, -0.15) is 0 Å². The summed E-state index contributed by atoms with van der Waals surface area (Å²) in [5, 5.41) is 11.8. The van der Waals surface area contributed by atoms with Crippen molar-refractivity contribution in [3.8, 4) is 11.3 Å². The Hall–Kier alpha value is -1.76. The van der Waals surface area contributed by atoms with E-state index in [1.807, 2.05) is 0 Å². The van der Waals surface area contributed by atoms with Crippen molar-refractivity contribution < 1.29 is 23.2 Å². The van der Waals surface area contributed by atoms with Crippen LogP contribution in [0.2, 0.25) is 0 Å². The first-order valence-corrected chi connectivity index (χ1v) is 5.13. The van der Waals surface area contributed by atoms with E-state index in [-0.39, 0.29) is 21.5 Å². The van der Waals surface area contributed by atoms with Crippen molar-refractivity contribution >= 4 is 21.9 Å². The van der Waals surface area contributed by atoms with Gasteiger partial charge in [-0.25, -0.2) is 13.6 Å². The molecule has 0 fully saturated rings. The van der Waals surface area contributed by atoms with Crippen molar-refractivity contribution in [2.75, 3.05) is 0 Å². The van der Waals surface area contributed by atoms with E-state index in [2.05, 4.69) is 25.6 Å². The molecule has 0 bridgehead atoms. The lowest BCUT2D eigenvalue weighted by Crippen LogP contribution is -1.94. The van der Waals surface area contributed by atoms with Crippen LogP contribution in [-0.4, -0.2) is 16.2 Å². The topological polar surface area (TPSA) is 63.3 Å². The van der Waals surface area contributed by atoms with Gasteiger partial charge in [-0.15, -0.1) is 0 Å². The van der Waals surface area contributed by atoms with Gasteiger partial charge in [0.1, 0.15) is 11.6 Å². The number of carboxylic acids is 1. The van der Waals surface area contributed by atoms with Crippen molar-refractivity contribution in [3.05, 3.63) is 40.0 Å². The Morgan fingerprint density at radius 2 is 2.06 bits per heavy atom. The maximum Gasteiger partial charge on any atom is 0.358 e. The summed E-state index contributed by atoms with van der Waals surface area (Å²) in [5.41, 5.74) is -0.573. The van der Waals surface area contributed by atoms with Gasteiger partial charge in [0.2, 0.25) is 0 Å². The van der Waals surface area contributed by atoms with Crippen LogP contribution in [0.5, 0.6) is 0 Å². The molecule has 1 N–H and O–H groups in total. The van der Waals surface area contributed by atoms with E-state index in [1.165, 1.54) is 0 Å². The summed E-state index contributed by atoms with van der Waals surface area (Å²) >= 11 is 2.84. The zero-order valence-corrected chi connectivity index (χ0v) is 9.66. The minimum absolute atomic E-state index is 0.0826. The van der Waals surface area contributed by atoms with E-state index in [1.54, 1.807) is 0 Å². The predicted octanol–water partition coefficient (Wildman–Crippen LogP) is 3.08. The minimum Gasteiger partial charge on any atom is -0.476 e. The average Bonchev–Trinajstić information content (AvgIpc) is 2.72. The molecule has 17 heavy (non-hydrogen) atoms. The maximum atomic E-state index is 13.6. The molecule has 0 aliphatic carbocycles. The standard InChI is InChI=1S/C10H4BrF2NO3/c11-6-2-4(12)1-5(9(6)13)8-3-7(10(15)16)14-17-8/h1-3H,(H,15,16). The summed E-state index contributed by atoms with van der Waals surface area (Å²) in [7, 11) is 0. The van der Waals surface area contributed by atoms with Crippen LogP contribution >= 0.6 is 15.9 Å². The zero-order valence-electron chi connectivity index (χ0n) is 8.08. The van der Waals surface area contributed by atoms with E-state index in [0.717, 1.165) is 18.2 Å². The van der Waals surface area contributed by atoms with Crippen LogP contribution in [-0.2, 0) is 0 Å². The fourth-order valence-corrected chi connectivity index (χ4v) is 1.67. The minimum atomic E-state index is -1.31. The van der Waals surface area contributed by atoms with Gasteiger partial charge in [-0.1, -0.05) is 5.16 Å². The third kappa shape index (κ3) is 2.19. The summed E-state index contributed by atoms with van der Waals surface area (Å²) in [4.78, 5) is 10.6. The second-order valence-electron chi connectivity index (χ2n) is 3.13. The molecule has 0 unspecified atom stereocenters. The predicted molar refractivity (Wildman–Crippen MR) is 56.5 cm³/mol. The molecule has 0 radical (unpaired) electrons.